The van der Waals surface area contributed by atoms with E-state index in [2.05, 4.69) is 57.2 Å². The highest BCUT2D eigenvalue weighted by atomic mass is 14.3. The van der Waals surface area contributed by atoms with Crippen LogP contribution in [0, 0.1) is 6.07 Å². The van der Waals surface area contributed by atoms with Gasteiger partial charge in [-0.25, -0.2) is 0 Å². The Kier molecular flexibility index (Phi) is 2.16. The van der Waals surface area contributed by atoms with Gasteiger partial charge in [-0.3, -0.25) is 0 Å². The minimum Gasteiger partial charge on any atom is -0.0616 e. The first-order valence-corrected chi connectivity index (χ1v) is 6.20. The van der Waals surface area contributed by atoms with Crippen molar-refractivity contribution >= 4 is 0 Å². The number of rotatable bonds is 0. The number of benzene rings is 2. The van der Waals surface area contributed by atoms with Crippen molar-refractivity contribution in [3.8, 4) is 11.1 Å². The van der Waals surface area contributed by atoms with E-state index in [1.165, 1.54) is 27.8 Å². The van der Waals surface area contributed by atoms with Crippen molar-refractivity contribution in [2.24, 2.45) is 0 Å². The van der Waals surface area contributed by atoms with Gasteiger partial charge in [-0.2, -0.15) is 0 Å². The average molecular weight is 221 g/mol. The summed E-state index contributed by atoms with van der Waals surface area (Å²) in [6.45, 7) is 6.85. The summed E-state index contributed by atoms with van der Waals surface area (Å²) in [6.07, 6.45) is 1.04. The Bertz CT molecular complexity index is 571. The van der Waals surface area contributed by atoms with E-state index in [9.17, 15) is 0 Å². The van der Waals surface area contributed by atoms with E-state index in [0.29, 0.717) is 0 Å². The Labute approximate surface area is 103 Å². The molecule has 0 N–H and O–H groups in total. The summed E-state index contributed by atoms with van der Waals surface area (Å²) in [5, 5.41) is 0. The normalized spacial score (nSPS) is 13.4. The third kappa shape index (κ3) is 1.59. The molecule has 1 radical (unpaired) electrons. The Balaban J connectivity index is 2.30. The van der Waals surface area contributed by atoms with Gasteiger partial charge in [-0.1, -0.05) is 57.2 Å². The summed E-state index contributed by atoms with van der Waals surface area (Å²) in [7, 11) is 0. The Hall–Kier alpha value is -1.56. The predicted molar refractivity (Wildman–Crippen MR) is 72.2 cm³/mol. The lowest BCUT2D eigenvalue weighted by Crippen LogP contribution is -2.12. The van der Waals surface area contributed by atoms with Crippen LogP contribution in [0.25, 0.3) is 11.1 Å². The van der Waals surface area contributed by atoms with Crippen molar-refractivity contribution < 1.29 is 0 Å². The minimum atomic E-state index is 0.197. The largest absolute Gasteiger partial charge is 0.0616 e. The van der Waals surface area contributed by atoms with Gasteiger partial charge in [0, 0.05) is 0 Å². The molecule has 1 aliphatic rings. The third-order valence-corrected chi connectivity index (χ3v) is 3.54. The molecule has 0 nitrogen and oxygen atoms in total. The van der Waals surface area contributed by atoms with Gasteiger partial charge in [-0.05, 0) is 45.7 Å². The quantitative estimate of drug-likeness (QED) is 0.529. The molecule has 1 aliphatic carbocycles. The van der Waals surface area contributed by atoms with Crippen LogP contribution >= 0.6 is 0 Å². The molecule has 17 heavy (non-hydrogen) atoms. The molecule has 0 unspecified atom stereocenters. The fourth-order valence-corrected chi connectivity index (χ4v) is 2.73. The van der Waals surface area contributed by atoms with Crippen LogP contribution in [0.1, 0.15) is 37.5 Å². The van der Waals surface area contributed by atoms with Crippen molar-refractivity contribution in [2.75, 3.05) is 0 Å². The number of hydrogen-bond acceptors (Lipinski definition) is 0. The first kappa shape index (κ1) is 10.6. The van der Waals surface area contributed by atoms with E-state index >= 15 is 0 Å². The zero-order chi connectivity index (χ0) is 12.0. The number of hydrogen-bond donors (Lipinski definition) is 0. The van der Waals surface area contributed by atoms with E-state index in [0.717, 1.165) is 6.42 Å². The molecule has 0 spiro atoms. The minimum absolute atomic E-state index is 0.197. The molecule has 0 aliphatic heterocycles. The van der Waals surface area contributed by atoms with Crippen LogP contribution in [-0.2, 0) is 11.8 Å². The van der Waals surface area contributed by atoms with Crippen molar-refractivity contribution in [3.63, 3.8) is 0 Å². The molecule has 0 heterocycles. The zero-order valence-corrected chi connectivity index (χ0v) is 10.7. The Morgan fingerprint density at radius 2 is 1.88 bits per heavy atom. The highest BCUT2D eigenvalue weighted by molar-refractivity contribution is 5.80. The highest BCUT2D eigenvalue weighted by Crippen LogP contribution is 2.42. The van der Waals surface area contributed by atoms with Gasteiger partial charge in [0.2, 0.25) is 0 Å². The average Bonchev–Trinajstić information content (AvgIpc) is 2.65. The van der Waals surface area contributed by atoms with Crippen molar-refractivity contribution in [1.82, 2.24) is 0 Å². The first-order chi connectivity index (χ1) is 8.07. The summed E-state index contributed by atoms with van der Waals surface area (Å²) >= 11 is 0. The molecule has 2 aromatic rings. The van der Waals surface area contributed by atoms with Gasteiger partial charge in [0.15, 0.2) is 0 Å². The lowest BCUT2D eigenvalue weighted by atomic mass is 9.81. The molecule has 0 amide bonds. The highest BCUT2D eigenvalue weighted by Gasteiger charge is 2.25. The van der Waals surface area contributed by atoms with Gasteiger partial charge in [-0.15, -0.1) is 0 Å². The fraction of sp³-hybridized carbons (Fsp3) is 0.294. The lowest BCUT2D eigenvalue weighted by molar-refractivity contribution is 0.592. The second kappa shape index (κ2) is 3.46. The Morgan fingerprint density at radius 3 is 2.65 bits per heavy atom. The maximum atomic E-state index is 3.37. The SMILES string of the molecule is CC(C)(C)c1cccc2c1-c1ccc[c]c1C2. The van der Waals surface area contributed by atoms with Gasteiger partial charge in [0.05, 0.1) is 0 Å². The summed E-state index contributed by atoms with van der Waals surface area (Å²) < 4.78 is 0. The van der Waals surface area contributed by atoms with Crippen LogP contribution < -0.4 is 0 Å². The van der Waals surface area contributed by atoms with Gasteiger partial charge in [0.1, 0.15) is 0 Å². The molecule has 2 aromatic carbocycles. The maximum absolute atomic E-state index is 3.37. The van der Waals surface area contributed by atoms with Crippen LogP contribution in [0.4, 0.5) is 0 Å². The van der Waals surface area contributed by atoms with Crippen LogP contribution in [-0.4, -0.2) is 0 Å². The second-order valence-electron chi connectivity index (χ2n) is 5.83. The molecule has 0 saturated heterocycles. The lowest BCUT2D eigenvalue weighted by Gasteiger charge is -2.23. The van der Waals surface area contributed by atoms with E-state index in [1.54, 1.807) is 0 Å². The monoisotopic (exact) mass is 221 g/mol. The topological polar surface area (TPSA) is 0 Å². The number of fused-ring (bicyclic) bond motifs is 3. The predicted octanol–water partition coefficient (Wildman–Crippen LogP) is 4.36. The molecule has 3 rings (SSSR count). The first-order valence-electron chi connectivity index (χ1n) is 6.20. The summed E-state index contributed by atoms with van der Waals surface area (Å²) in [4.78, 5) is 0. The molecule has 0 atom stereocenters. The van der Waals surface area contributed by atoms with Crippen molar-refractivity contribution in [2.45, 2.75) is 32.6 Å². The van der Waals surface area contributed by atoms with E-state index in [1.807, 2.05) is 6.07 Å². The molecule has 0 bridgehead atoms. The molecular formula is C17H17. The maximum Gasteiger partial charge on any atom is -0.000718 e. The van der Waals surface area contributed by atoms with Crippen molar-refractivity contribution in [1.29, 1.82) is 0 Å². The molecule has 0 aromatic heterocycles. The van der Waals surface area contributed by atoms with Gasteiger partial charge < -0.3 is 0 Å². The standard InChI is InChI=1S/C17H17/c1-17(2,3)15-10-6-8-13-11-12-7-4-5-9-14(12)16(13)15/h4-6,8-10H,11H2,1-3H3. The fourth-order valence-electron chi connectivity index (χ4n) is 2.73. The van der Waals surface area contributed by atoms with Crippen LogP contribution in [0.3, 0.4) is 0 Å². The second-order valence-corrected chi connectivity index (χ2v) is 5.83. The third-order valence-electron chi connectivity index (χ3n) is 3.54. The summed E-state index contributed by atoms with van der Waals surface area (Å²) in [5.74, 6) is 0. The Morgan fingerprint density at radius 1 is 1.06 bits per heavy atom. The van der Waals surface area contributed by atoms with Crippen LogP contribution in [0.2, 0.25) is 0 Å². The summed E-state index contributed by atoms with van der Waals surface area (Å²) in [5.41, 5.74) is 7.28. The molecule has 0 fully saturated rings. The van der Waals surface area contributed by atoms with Crippen LogP contribution in [0.15, 0.2) is 36.4 Å². The van der Waals surface area contributed by atoms with Crippen LogP contribution in [0.5, 0.6) is 0 Å². The van der Waals surface area contributed by atoms with E-state index in [4.69, 9.17) is 0 Å². The molecule has 85 valence electrons. The summed E-state index contributed by atoms with van der Waals surface area (Å²) in [6, 6.07) is 16.4. The molecule has 0 heteroatoms. The van der Waals surface area contributed by atoms with E-state index in [-0.39, 0.29) is 5.41 Å². The smallest absolute Gasteiger partial charge is 0.000718 e. The van der Waals surface area contributed by atoms with E-state index < -0.39 is 0 Å². The zero-order valence-electron chi connectivity index (χ0n) is 10.7. The molecular weight excluding hydrogens is 204 g/mol. The van der Waals surface area contributed by atoms with Gasteiger partial charge >= 0.3 is 0 Å². The molecule has 0 saturated carbocycles. The van der Waals surface area contributed by atoms with Crippen molar-refractivity contribution in [3.05, 3.63) is 59.2 Å². The van der Waals surface area contributed by atoms with Gasteiger partial charge in [0.25, 0.3) is 0 Å².